The molecular formula is C23H18N4O. The maximum atomic E-state index is 9.56. The van der Waals surface area contributed by atoms with E-state index in [1.807, 2.05) is 66.7 Å². The highest BCUT2D eigenvalue weighted by Crippen LogP contribution is 2.25. The third-order valence-electron chi connectivity index (χ3n) is 4.35. The Morgan fingerprint density at radius 3 is 1.68 bits per heavy atom. The fraction of sp³-hybridized carbons (Fsp3) is 0. The molecule has 0 atom stereocenters. The Bertz CT molecular complexity index is 1050. The van der Waals surface area contributed by atoms with E-state index in [0.717, 1.165) is 28.1 Å². The number of phenols is 1. The molecule has 0 radical (unpaired) electrons. The van der Waals surface area contributed by atoms with E-state index in [1.54, 1.807) is 24.3 Å². The second kappa shape index (κ2) is 7.72. The topological polar surface area (TPSA) is 84.4 Å². The van der Waals surface area contributed by atoms with Gasteiger partial charge in [-0.1, -0.05) is 60.7 Å². The Kier molecular flexibility index (Phi) is 4.80. The summed E-state index contributed by atoms with van der Waals surface area (Å²) in [4.78, 5) is 9.43. The van der Waals surface area contributed by atoms with Crippen LogP contribution in [-0.2, 0) is 0 Å². The number of rotatable bonds is 4. The molecule has 4 aromatic rings. The number of phenolic OH excluding ortho intramolecular Hbond substituents is 1. The zero-order valence-corrected chi connectivity index (χ0v) is 15.0. The molecule has 5 heteroatoms. The number of hydrogen-bond donors (Lipinski definition) is 2. The van der Waals surface area contributed by atoms with Crippen LogP contribution in [0, 0.1) is 0 Å². The van der Waals surface area contributed by atoms with Crippen molar-refractivity contribution in [2.75, 3.05) is 0 Å². The first kappa shape index (κ1) is 17.4. The van der Waals surface area contributed by atoms with Gasteiger partial charge in [-0.25, -0.2) is 9.97 Å². The van der Waals surface area contributed by atoms with Gasteiger partial charge >= 0.3 is 0 Å². The lowest BCUT2D eigenvalue weighted by Crippen LogP contribution is -2.12. The van der Waals surface area contributed by atoms with Gasteiger partial charge in [0.1, 0.15) is 11.5 Å². The quantitative estimate of drug-likeness (QED) is 0.322. The summed E-state index contributed by atoms with van der Waals surface area (Å²) >= 11 is 0. The molecule has 0 aliphatic rings. The molecule has 0 aliphatic heterocycles. The molecule has 5 nitrogen and oxygen atoms in total. The second-order valence-electron chi connectivity index (χ2n) is 6.22. The van der Waals surface area contributed by atoms with Gasteiger partial charge in [0.2, 0.25) is 0 Å². The molecule has 0 bridgehead atoms. The second-order valence-corrected chi connectivity index (χ2v) is 6.22. The number of aromatic hydroxyl groups is 1. The number of nitrogens with two attached hydrogens (primary N) is 1. The van der Waals surface area contributed by atoms with E-state index in [9.17, 15) is 5.11 Å². The molecule has 0 amide bonds. The molecule has 136 valence electrons. The molecule has 0 unspecified atom stereocenters. The molecular weight excluding hydrogens is 348 g/mol. The molecule has 3 aromatic carbocycles. The Balaban J connectivity index is 1.89. The largest absolute Gasteiger partial charge is 0.508 e. The molecule has 4 rings (SSSR count). The molecule has 1 aromatic heterocycles. The van der Waals surface area contributed by atoms with Gasteiger partial charge in [0.25, 0.3) is 0 Å². The van der Waals surface area contributed by atoms with Crippen LogP contribution in [0.15, 0.2) is 96.1 Å². The SMILES string of the molecule is NN=C(c1ccc(O)cc1)c1nc(-c2ccccc2)cc(-c2ccccc2)n1. The maximum absolute atomic E-state index is 9.56. The first-order valence-corrected chi connectivity index (χ1v) is 8.82. The summed E-state index contributed by atoms with van der Waals surface area (Å²) in [6.45, 7) is 0. The molecule has 0 saturated carbocycles. The van der Waals surface area contributed by atoms with Crippen LogP contribution in [0.3, 0.4) is 0 Å². The van der Waals surface area contributed by atoms with Crippen LogP contribution >= 0.6 is 0 Å². The van der Waals surface area contributed by atoms with Crippen molar-refractivity contribution >= 4 is 5.71 Å². The van der Waals surface area contributed by atoms with Crippen molar-refractivity contribution in [3.8, 4) is 28.3 Å². The zero-order chi connectivity index (χ0) is 19.3. The molecule has 0 fully saturated rings. The van der Waals surface area contributed by atoms with E-state index in [1.165, 1.54) is 0 Å². The summed E-state index contributed by atoms with van der Waals surface area (Å²) in [5, 5.41) is 13.5. The van der Waals surface area contributed by atoms with E-state index in [0.29, 0.717) is 11.5 Å². The predicted molar refractivity (Wildman–Crippen MR) is 111 cm³/mol. The molecule has 0 aliphatic carbocycles. The van der Waals surface area contributed by atoms with Crippen LogP contribution in [0.1, 0.15) is 11.4 Å². The Labute approximate surface area is 162 Å². The normalized spacial score (nSPS) is 11.4. The van der Waals surface area contributed by atoms with Crippen molar-refractivity contribution in [3.05, 3.63) is 102 Å². The zero-order valence-electron chi connectivity index (χ0n) is 15.0. The number of hydrogen-bond acceptors (Lipinski definition) is 5. The van der Waals surface area contributed by atoms with Crippen LogP contribution in [0.25, 0.3) is 22.5 Å². The van der Waals surface area contributed by atoms with E-state index >= 15 is 0 Å². The van der Waals surface area contributed by atoms with Gasteiger partial charge in [0.15, 0.2) is 5.82 Å². The lowest BCUT2D eigenvalue weighted by Gasteiger charge is -2.10. The lowest BCUT2D eigenvalue weighted by molar-refractivity contribution is 0.475. The number of hydrazone groups is 1. The fourth-order valence-corrected chi connectivity index (χ4v) is 2.95. The Hall–Kier alpha value is -3.99. The van der Waals surface area contributed by atoms with Gasteiger partial charge < -0.3 is 10.9 Å². The number of benzene rings is 3. The number of aromatic nitrogens is 2. The highest BCUT2D eigenvalue weighted by Gasteiger charge is 2.15. The van der Waals surface area contributed by atoms with Crippen LogP contribution < -0.4 is 5.84 Å². The van der Waals surface area contributed by atoms with E-state index in [4.69, 9.17) is 15.8 Å². The van der Waals surface area contributed by atoms with Crippen molar-refractivity contribution in [1.29, 1.82) is 0 Å². The summed E-state index contributed by atoms with van der Waals surface area (Å²) in [5.41, 5.74) is 4.70. The van der Waals surface area contributed by atoms with Crippen LogP contribution in [0.2, 0.25) is 0 Å². The van der Waals surface area contributed by atoms with Crippen LogP contribution in [0.5, 0.6) is 5.75 Å². The smallest absolute Gasteiger partial charge is 0.181 e. The van der Waals surface area contributed by atoms with E-state index in [-0.39, 0.29) is 5.75 Å². The molecule has 0 spiro atoms. The Morgan fingerprint density at radius 1 is 0.714 bits per heavy atom. The van der Waals surface area contributed by atoms with Crippen LogP contribution in [0.4, 0.5) is 0 Å². The van der Waals surface area contributed by atoms with Gasteiger partial charge in [-0.2, -0.15) is 5.10 Å². The molecule has 0 saturated heterocycles. The van der Waals surface area contributed by atoms with Crippen molar-refractivity contribution in [2.45, 2.75) is 0 Å². The van der Waals surface area contributed by atoms with Crippen molar-refractivity contribution < 1.29 is 5.11 Å². The van der Waals surface area contributed by atoms with E-state index < -0.39 is 0 Å². The summed E-state index contributed by atoms with van der Waals surface area (Å²) in [7, 11) is 0. The minimum atomic E-state index is 0.170. The highest BCUT2D eigenvalue weighted by atomic mass is 16.3. The Morgan fingerprint density at radius 2 is 1.21 bits per heavy atom. The molecule has 3 N–H and O–H groups in total. The van der Waals surface area contributed by atoms with Gasteiger partial charge in [0.05, 0.1) is 11.4 Å². The van der Waals surface area contributed by atoms with Gasteiger partial charge in [-0.05, 0) is 30.3 Å². The predicted octanol–water partition coefficient (Wildman–Crippen LogP) is 4.23. The summed E-state index contributed by atoms with van der Waals surface area (Å²) < 4.78 is 0. The van der Waals surface area contributed by atoms with Gasteiger partial charge in [-0.15, -0.1) is 0 Å². The van der Waals surface area contributed by atoms with Gasteiger partial charge in [-0.3, -0.25) is 0 Å². The third-order valence-corrected chi connectivity index (χ3v) is 4.35. The minimum Gasteiger partial charge on any atom is -0.508 e. The third kappa shape index (κ3) is 3.59. The van der Waals surface area contributed by atoms with Crippen molar-refractivity contribution in [2.24, 2.45) is 10.9 Å². The molecule has 1 heterocycles. The lowest BCUT2D eigenvalue weighted by atomic mass is 10.1. The summed E-state index contributed by atoms with van der Waals surface area (Å²) in [6, 6.07) is 28.4. The van der Waals surface area contributed by atoms with E-state index in [2.05, 4.69) is 5.10 Å². The minimum absolute atomic E-state index is 0.170. The monoisotopic (exact) mass is 366 g/mol. The highest BCUT2D eigenvalue weighted by molar-refractivity contribution is 6.10. The van der Waals surface area contributed by atoms with Gasteiger partial charge in [0, 0.05) is 16.7 Å². The average molecular weight is 366 g/mol. The first-order valence-electron chi connectivity index (χ1n) is 8.82. The maximum Gasteiger partial charge on any atom is 0.181 e. The average Bonchev–Trinajstić information content (AvgIpc) is 2.77. The standard InChI is InChI=1S/C23H18N4O/c24-27-22(18-11-13-19(28)14-12-18)23-25-20(16-7-3-1-4-8-16)15-21(26-23)17-9-5-2-6-10-17/h1-15,28H,24H2. The van der Waals surface area contributed by atoms with Crippen molar-refractivity contribution in [1.82, 2.24) is 9.97 Å². The summed E-state index contributed by atoms with van der Waals surface area (Å²) in [6.07, 6.45) is 0. The molecule has 28 heavy (non-hydrogen) atoms. The van der Waals surface area contributed by atoms with Crippen LogP contribution in [-0.4, -0.2) is 20.8 Å². The summed E-state index contributed by atoms with van der Waals surface area (Å²) in [5.74, 6) is 6.29. The first-order chi connectivity index (χ1) is 13.7. The fourth-order valence-electron chi connectivity index (χ4n) is 2.95. The van der Waals surface area contributed by atoms with Crippen molar-refractivity contribution in [3.63, 3.8) is 0 Å². The number of nitrogens with zero attached hydrogens (tertiary/aromatic N) is 3.